The Morgan fingerprint density at radius 3 is 2.64 bits per heavy atom. The van der Waals surface area contributed by atoms with Crippen LogP contribution in [-0.2, 0) is 20.9 Å². The number of hydrogen-bond acceptors (Lipinski definition) is 5. The lowest BCUT2D eigenvalue weighted by atomic mass is 10.1. The number of nitrogens with zero attached hydrogens (tertiary/aromatic N) is 2. The minimum absolute atomic E-state index is 0.185. The number of amides is 2. The van der Waals surface area contributed by atoms with Gasteiger partial charge >= 0.3 is 5.97 Å². The van der Waals surface area contributed by atoms with E-state index in [1.165, 1.54) is 6.08 Å². The molecule has 0 aliphatic heterocycles. The van der Waals surface area contributed by atoms with Crippen LogP contribution >= 0.6 is 0 Å². The number of carbonyl (C=O) groups excluding carboxylic acids is 3. The second-order valence-electron chi connectivity index (χ2n) is 8.07. The van der Waals surface area contributed by atoms with E-state index in [4.69, 9.17) is 4.74 Å². The molecule has 33 heavy (non-hydrogen) atoms. The molecule has 2 aromatic rings. The highest BCUT2D eigenvalue weighted by atomic mass is 16.5. The van der Waals surface area contributed by atoms with Gasteiger partial charge in [0.15, 0.2) is 6.61 Å². The first-order valence-corrected chi connectivity index (χ1v) is 11.0. The van der Waals surface area contributed by atoms with Gasteiger partial charge in [0.1, 0.15) is 11.6 Å². The Labute approximate surface area is 193 Å². The number of benzene rings is 1. The summed E-state index contributed by atoms with van der Waals surface area (Å²) in [6.07, 6.45) is 4.35. The number of hydrogen-bond donors (Lipinski definition) is 2. The molecule has 1 heterocycles. The van der Waals surface area contributed by atoms with Crippen molar-refractivity contribution in [1.29, 1.82) is 5.26 Å². The Morgan fingerprint density at radius 1 is 1.24 bits per heavy atom. The fourth-order valence-corrected chi connectivity index (χ4v) is 3.51. The van der Waals surface area contributed by atoms with Crippen molar-refractivity contribution in [1.82, 2.24) is 9.88 Å². The molecule has 0 atom stereocenters. The zero-order valence-electron chi connectivity index (χ0n) is 19.1. The third-order valence-corrected chi connectivity index (χ3v) is 5.39. The average molecular weight is 449 g/mol. The fraction of sp³-hybridized carbons (Fsp3) is 0.360. The van der Waals surface area contributed by atoms with Crippen LogP contribution < -0.4 is 10.6 Å². The zero-order chi connectivity index (χ0) is 24.0. The molecular weight excluding hydrogens is 420 g/mol. The molecule has 1 aromatic heterocycles. The number of carbonyl (C=O) groups is 3. The number of ether oxygens (including phenoxy) is 1. The molecule has 2 N–H and O–H groups in total. The van der Waals surface area contributed by atoms with E-state index in [0.29, 0.717) is 11.3 Å². The molecular formula is C25H28N4O4. The quantitative estimate of drug-likeness (QED) is 0.346. The number of rotatable bonds is 9. The van der Waals surface area contributed by atoms with Crippen molar-refractivity contribution in [2.75, 3.05) is 11.9 Å². The Kier molecular flexibility index (Phi) is 7.67. The molecule has 0 bridgehead atoms. The van der Waals surface area contributed by atoms with Crippen molar-refractivity contribution >= 4 is 29.5 Å². The van der Waals surface area contributed by atoms with Crippen molar-refractivity contribution < 1.29 is 19.1 Å². The van der Waals surface area contributed by atoms with Crippen molar-refractivity contribution in [2.24, 2.45) is 0 Å². The lowest BCUT2D eigenvalue weighted by molar-refractivity contribution is -0.142. The van der Waals surface area contributed by atoms with Crippen molar-refractivity contribution in [3.8, 4) is 6.07 Å². The molecule has 0 radical (unpaired) electrons. The number of para-hydroxylation sites is 1. The Balaban J connectivity index is 1.63. The van der Waals surface area contributed by atoms with Gasteiger partial charge in [-0.15, -0.1) is 0 Å². The Bertz CT molecular complexity index is 1140. The van der Waals surface area contributed by atoms with E-state index < -0.39 is 18.5 Å². The van der Waals surface area contributed by atoms with Crippen LogP contribution in [0.5, 0.6) is 0 Å². The molecule has 0 saturated heterocycles. The normalized spacial score (nSPS) is 13.2. The molecule has 172 valence electrons. The molecule has 0 unspecified atom stereocenters. The van der Waals surface area contributed by atoms with E-state index in [1.54, 1.807) is 24.3 Å². The highest BCUT2D eigenvalue weighted by molar-refractivity contribution is 6.05. The Hall–Kier alpha value is -3.86. The first-order valence-electron chi connectivity index (χ1n) is 11.0. The second-order valence-corrected chi connectivity index (χ2v) is 8.07. The minimum atomic E-state index is -0.882. The van der Waals surface area contributed by atoms with E-state index in [9.17, 15) is 19.6 Å². The standard InChI is InChI=1S/C25H28N4O4/c1-4-11-29-16(2)12-18(17(29)3)13-19(14-26)25(32)33-15-23(30)28-22-8-6-5-7-21(22)24(31)27-20-9-10-20/h5-8,12-13,20H,4,9-11,15H2,1-3H3,(H,27,31)(H,28,30). The molecule has 8 nitrogen and oxygen atoms in total. The molecule has 1 aliphatic rings. The number of aryl methyl sites for hydroxylation is 1. The maximum atomic E-state index is 12.4. The maximum absolute atomic E-state index is 12.4. The van der Waals surface area contributed by atoms with Gasteiger partial charge in [-0.2, -0.15) is 5.26 Å². The first-order chi connectivity index (χ1) is 15.8. The second kappa shape index (κ2) is 10.6. The molecule has 1 saturated carbocycles. The summed E-state index contributed by atoms with van der Waals surface area (Å²) >= 11 is 0. The first kappa shape index (κ1) is 23.8. The van der Waals surface area contributed by atoms with Crippen LogP contribution in [0, 0.1) is 25.2 Å². The van der Waals surface area contributed by atoms with Gasteiger partial charge in [0, 0.05) is 24.0 Å². The van der Waals surface area contributed by atoms with Crippen LogP contribution in [0.25, 0.3) is 6.08 Å². The zero-order valence-corrected chi connectivity index (χ0v) is 19.1. The summed E-state index contributed by atoms with van der Waals surface area (Å²) in [5.41, 5.74) is 3.22. The lowest BCUT2D eigenvalue weighted by Gasteiger charge is -2.11. The molecule has 3 rings (SSSR count). The van der Waals surface area contributed by atoms with Crippen molar-refractivity contribution in [3.05, 3.63) is 58.4 Å². The van der Waals surface area contributed by atoms with Gasteiger partial charge in [-0.25, -0.2) is 4.79 Å². The van der Waals surface area contributed by atoms with Crippen LogP contribution in [0.1, 0.15) is 53.5 Å². The topological polar surface area (TPSA) is 113 Å². The van der Waals surface area contributed by atoms with Gasteiger partial charge in [0.05, 0.1) is 11.3 Å². The van der Waals surface area contributed by atoms with Gasteiger partial charge in [0.25, 0.3) is 11.8 Å². The predicted molar refractivity (Wildman–Crippen MR) is 124 cm³/mol. The summed E-state index contributed by atoms with van der Waals surface area (Å²) in [4.78, 5) is 37.1. The van der Waals surface area contributed by atoms with Crippen molar-refractivity contribution in [3.63, 3.8) is 0 Å². The van der Waals surface area contributed by atoms with Gasteiger partial charge < -0.3 is 19.9 Å². The number of nitriles is 1. The van der Waals surface area contributed by atoms with E-state index in [2.05, 4.69) is 22.1 Å². The summed E-state index contributed by atoms with van der Waals surface area (Å²) in [5, 5.41) is 14.9. The van der Waals surface area contributed by atoms with Gasteiger partial charge in [0.2, 0.25) is 0 Å². The van der Waals surface area contributed by atoms with Crippen LogP contribution in [0.4, 0.5) is 5.69 Å². The monoisotopic (exact) mass is 448 g/mol. The minimum Gasteiger partial charge on any atom is -0.451 e. The fourth-order valence-electron chi connectivity index (χ4n) is 3.51. The summed E-state index contributed by atoms with van der Waals surface area (Å²) in [6, 6.07) is 10.6. The number of nitrogens with one attached hydrogen (secondary N) is 2. The van der Waals surface area contributed by atoms with E-state index in [-0.39, 0.29) is 17.5 Å². The van der Waals surface area contributed by atoms with Crippen LogP contribution in [0.3, 0.4) is 0 Å². The average Bonchev–Trinajstić information content (AvgIpc) is 3.57. The largest absolute Gasteiger partial charge is 0.451 e. The highest BCUT2D eigenvalue weighted by Gasteiger charge is 2.25. The molecule has 1 fully saturated rings. The number of anilines is 1. The number of esters is 1. The lowest BCUT2D eigenvalue weighted by Crippen LogP contribution is -2.28. The maximum Gasteiger partial charge on any atom is 0.349 e. The summed E-state index contributed by atoms with van der Waals surface area (Å²) in [6.45, 7) is 6.25. The van der Waals surface area contributed by atoms with Gasteiger partial charge in [-0.05, 0) is 62.9 Å². The Morgan fingerprint density at radius 2 is 1.97 bits per heavy atom. The predicted octanol–water partition coefficient (Wildman–Crippen LogP) is 3.50. The third-order valence-electron chi connectivity index (χ3n) is 5.39. The molecule has 1 aliphatic carbocycles. The van der Waals surface area contributed by atoms with Gasteiger partial charge in [-0.1, -0.05) is 19.1 Å². The van der Waals surface area contributed by atoms with Crippen LogP contribution in [0.2, 0.25) is 0 Å². The molecule has 0 spiro atoms. The molecule has 2 amide bonds. The van der Waals surface area contributed by atoms with Crippen LogP contribution in [0.15, 0.2) is 35.9 Å². The van der Waals surface area contributed by atoms with E-state index in [1.807, 2.05) is 26.0 Å². The summed E-state index contributed by atoms with van der Waals surface area (Å²) in [7, 11) is 0. The van der Waals surface area contributed by atoms with E-state index in [0.717, 1.165) is 42.8 Å². The highest BCUT2D eigenvalue weighted by Crippen LogP contribution is 2.22. The third kappa shape index (κ3) is 6.10. The SMILES string of the molecule is CCCn1c(C)cc(C=C(C#N)C(=O)OCC(=O)Nc2ccccc2C(=O)NC2CC2)c1C. The van der Waals surface area contributed by atoms with E-state index >= 15 is 0 Å². The van der Waals surface area contributed by atoms with Gasteiger partial charge in [-0.3, -0.25) is 9.59 Å². The van der Waals surface area contributed by atoms with Crippen LogP contribution in [-0.4, -0.2) is 35.0 Å². The molecule has 1 aromatic carbocycles. The van der Waals surface area contributed by atoms with Crippen molar-refractivity contribution in [2.45, 2.75) is 52.6 Å². The molecule has 8 heteroatoms. The number of aromatic nitrogens is 1. The summed E-state index contributed by atoms with van der Waals surface area (Å²) < 4.78 is 7.17. The summed E-state index contributed by atoms with van der Waals surface area (Å²) in [5.74, 6) is -1.75. The smallest absolute Gasteiger partial charge is 0.349 e.